The molecule has 0 amide bonds. The predicted molar refractivity (Wildman–Crippen MR) is 118 cm³/mol. The predicted octanol–water partition coefficient (Wildman–Crippen LogP) is 4.02. The second-order valence-corrected chi connectivity index (χ2v) is 7.58. The Balaban J connectivity index is 1.87. The van der Waals surface area contributed by atoms with E-state index >= 15 is 0 Å². The number of pyridine rings is 1. The van der Waals surface area contributed by atoms with Crippen molar-refractivity contribution in [2.75, 3.05) is 18.5 Å². The number of ether oxygens (including phenoxy) is 2. The first-order chi connectivity index (χ1) is 14.5. The van der Waals surface area contributed by atoms with Gasteiger partial charge in [-0.15, -0.1) is 0 Å². The molecule has 0 saturated heterocycles. The second-order valence-electron chi connectivity index (χ2n) is 7.58. The molecule has 4 rings (SSSR count). The van der Waals surface area contributed by atoms with Crippen molar-refractivity contribution in [1.29, 1.82) is 0 Å². The standard InChI is InChI=1S/C23H25BN2O4/c1-4-16-13-26(24(2)28)19-11-20(30-14-15-8-6-5-7-9-15)22-18(21(16)19)10-17(12-25-22)23(27)29-3/h5-12,16,28H,4,13-14H2,1-3H3. The van der Waals surface area contributed by atoms with Gasteiger partial charge in [0.1, 0.15) is 17.9 Å². The monoisotopic (exact) mass is 404 g/mol. The molecule has 2 heterocycles. The highest BCUT2D eigenvalue weighted by atomic mass is 16.5. The smallest absolute Gasteiger partial charge is 0.409 e. The van der Waals surface area contributed by atoms with Crippen LogP contribution in [0.4, 0.5) is 5.69 Å². The van der Waals surface area contributed by atoms with Crippen LogP contribution in [0.2, 0.25) is 6.82 Å². The highest BCUT2D eigenvalue weighted by Gasteiger charge is 2.34. The Bertz CT molecular complexity index is 1070. The fourth-order valence-corrected chi connectivity index (χ4v) is 4.13. The molecule has 0 aliphatic carbocycles. The van der Waals surface area contributed by atoms with E-state index in [2.05, 4.69) is 11.9 Å². The summed E-state index contributed by atoms with van der Waals surface area (Å²) < 4.78 is 11.1. The number of nitrogens with zero attached hydrogens (tertiary/aromatic N) is 2. The molecule has 7 heteroatoms. The van der Waals surface area contributed by atoms with Crippen LogP contribution in [0, 0.1) is 0 Å². The summed E-state index contributed by atoms with van der Waals surface area (Å²) >= 11 is 0. The van der Waals surface area contributed by atoms with Gasteiger partial charge in [0.05, 0.1) is 12.7 Å². The Morgan fingerprint density at radius 1 is 1.30 bits per heavy atom. The highest BCUT2D eigenvalue weighted by Crippen LogP contribution is 2.46. The van der Waals surface area contributed by atoms with Crippen molar-refractivity contribution in [2.45, 2.75) is 32.7 Å². The molecule has 0 radical (unpaired) electrons. The normalized spacial score (nSPS) is 15.2. The molecular formula is C23H25BN2O4. The van der Waals surface area contributed by atoms with E-state index in [4.69, 9.17) is 9.47 Å². The van der Waals surface area contributed by atoms with Crippen molar-refractivity contribution in [3.8, 4) is 5.75 Å². The number of esters is 1. The summed E-state index contributed by atoms with van der Waals surface area (Å²) in [6.07, 6.45) is 2.44. The van der Waals surface area contributed by atoms with E-state index in [0.717, 1.165) is 28.6 Å². The van der Waals surface area contributed by atoms with Crippen molar-refractivity contribution in [1.82, 2.24) is 4.98 Å². The van der Waals surface area contributed by atoms with E-state index in [1.807, 2.05) is 47.3 Å². The zero-order valence-electron chi connectivity index (χ0n) is 17.5. The average Bonchev–Trinajstić information content (AvgIpc) is 3.16. The SMILES string of the molecule is CCC1CN(B(C)O)c2cc(OCc3ccccc3)c3ncc(C(=O)OC)cc3c21. The molecule has 0 spiro atoms. The Hall–Kier alpha value is -3.06. The highest BCUT2D eigenvalue weighted by molar-refractivity contribution is 6.54. The van der Waals surface area contributed by atoms with Gasteiger partial charge in [-0.25, -0.2) is 4.79 Å². The molecular weight excluding hydrogens is 379 g/mol. The third-order valence-corrected chi connectivity index (χ3v) is 5.69. The zero-order valence-corrected chi connectivity index (χ0v) is 17.5. The van der Waals surface area contributed by atoms with Crippen LogP contribution in [0.5, 0.6) is 5.75 Å². The van der Waals surface area contributed by atoms with Gasteiger partial charge in [0, 0.05) is 35.8 Å². The Kier molecular flexibility index (Phi) is 5.64. The fourth-order valence-electron chi connectivity index (χ4n) is 4.13. The van der Waals surface area contributed by atoms with Crippen LogP contribution in [-0.4, -0.2) is 36.7 Å². The fraction of sp³-hybridized carbons (Fsp3) is 0.304. The van der Waals surface area contributed by atoms with E-state index < -0.39 is 13.0 Å². The maximum atomic E-state index is 12.1. The van der Waals surface area contributed by atoms with Crippen LogP contribution < -0.4 is 9.55 Å². The van der Waals surface area contributed by atoms with Gasteiger partial charge in [-0.05, 0) is 30.4 Å². The van der Waals surface area contributed by atoms with Crippen molar-refractivity contribution in [2.24, 2.45) is 0 Å². The lowest BCUT2D eigenvalue weighted by Crippen LogP contribution is -2.36. The van der Waals surface area contributed by atoms with Gasteiger partial charge in [0.25, 0.3) is 0 Å². The van der Waals surface area contributed by atoms with Gasteiger partial charge in [0.15, 0.2) is 0 Å². The second kappa shape index (κ2) is 8.36. The van der Waals surface area contributed by atoms with Crippen molar-refractivity contribution >= 4 is 29.6 Å². The van der Waals surface area contributed by atoms with E-state index in [0.29, 0.717) is 30.0 Å². The number of hydrogen-bond donors (Lipinski definition) is 1. The van der Waals surface area contributed by atoms with Gasteiger partial charge in [-0.1, -0.05) is 37.3 Å². The molecule has 1 aliphatic rings. The molecule has 154 valence electrons. The summed E-state index contributed by atoms with van der Waals surface area (Å²) in [6.45, 7) is 5.01. The lowest BCUT2D eigenvalue weighted by molar-refractivity contribution is 0.0600. The third-order valence-electron chi connectivity index (χ3n) is 5.69. The minimum Gasteiger partial charge on any atom is -0.487 e. The maximum absolute atomic E-state index is 12.1. The first kappa shape index (κ1) is 20.2. The number of aromatic nitrogens is 1. The molecule has 3 aromatic rings. The number of hydrogen-bond acceptors (Lipinski definition) is 6. The molecule has 1 atom stereocenters. The van der Waals surface area contributed by atoms with Crippen molar-refractivity contribution in [3.05, 3.63) is 65.4 Å². The Morgan fingerprint density at radius 2 is 2.07 bits per heavy atom. The maximum Gasteiger partial charge on any atom is 0.409 e. The van der Waals surface area contributed by atoms with Crippen molar-refractivity contribution in [3.63, 3.8) is 0 Å². The largest absolute Gasteiger partial charge is 0.487 e. The van der Waals surface area contributed by atoms with E-state index in [9.17, 15) is 9.82 Å². The number of carbonyl (C=O) groups excluding carboxylic acids is 1. The van der Waals surface area contributed by atoms with Gasteiger partial charge in [-0.3, -0.25) is 4.98 Å². The van der Waals surface area contributed by atoms with Gasteiger partial charge in [-0.2, -0.15) is 0 Å². The third kappa shape index (κ3) is 3.61. The molecule has 30 heavy (non-hydrogen) atoms. The number of rotatable bonds is 6. The first-order valence-corrected chi connectivity index (χ1v) is 10.2. The molecule has 1 aromatic heterocycles. The number of methoxy groups -OCH3 is 1. The molecule has 0 bridgehead atoms. The summed E-state index contributed by atoms with van der Waals surface area (Å²) in [5.41, 5.74) is 4.19. The van der Waals surface area contributed by atoms with Crippen LogP contribution >= 0.6 is 0 Å². The summed E-state index contributed by atoms with van der Waals surface area (Å²) in [4.78, 5) is 18.7. The molecule has 0 saturated carbocycles. The lowest BCUT2D eigenvalue weighted by atomic mass is 9.85. The summed E-state index contributed by atoms with van der Waals surface area (Å²) in [5.74, 6) is 0.438. The first-order valence-electron chi connectivity index (χ1n) is 10.2. The Labute approximate surface area is 176 Å². The summed E-state index contributed by atoms with van der Waals surface area (Å²) in [6, 6.07) is 13.7. The average molecular weight is 404 g/mol. The van der Waals surface area contributed by atoms with E-state index in [1.165, 1.54) is 13.3 Å². The Morgan fingerprint density at radius 3 is 2.73 bits per heavy atom. The van der Waals surface area contributed by atoms with Crippen molar-refractivity contribution < 1.29 is 19.3 Å². The molecule has 1 unspecified atom stereocenters. The number of carbonyl (C=O) groups is 1. The summed E-state index contributed by atoms with van der Waals surface area (Å²) in [5, 5.41) is 11.2. The van der Waals surface area contributed by atoms with E-state index in [1.54, 1.807) is 6.82 Å². The molecule has 1 aliphatic heterocycles. The summed E-state index contributed by atoms with van der Waals surface area (Å²) in [7, 11) is 0.733. The van der Waals surface area contributed by atoms with E-state index in [-0.39, 0.29) is 5.92 Å². The number of anilines is 1. The number of benzene rings is 2. The topological polar surface area (TPSA) is 71.9 Å². The minimum atomic E-state index is -0.628. The minimum absolute atomic E-state index is 0.231. The van der Waals surface area contributed by atoms with Gasteiger partial charge < -0.3 is 19.3 Å². The van der Waals surface area contributed by atoms with Crippen LogP contribution in [0.25, 0.3) is 10.9 Å². The molecule has 1 N–H and O–H groups in total. The molecule has 6 nitrogen and oxygen atoms in total. The number of fused-ring (bicyclic) bond motifs is 3. The van der Waals surface area contributed by atoms with Crippen LogP contribution in [0.15, 0.2) is 48.7 Å². The molecule has 0 fully saturated rings. The lowest BCUT2D eigenvalue weighted by Gasteiger charge is -2.21. The quantitative estimate of drug-likeness (QED) is 0.494. The van der Waals surface area contributed by atoms with Gasteiger partial charge in [0.2, 0.25) is 0 Å². The zero-order chi connectivity index (χ0) is 21.3. The van der Waals surface area contributed by atoms with Crippen LogP contribution in [-0.2, 0) is 11.3 Å². The van der Waals surface area contributed by atoms with Gasteiger partial charge >= 0.3 is 13.0 Å². The molecule has 2 aromatic carbocycles. The van der Waals surface area contributed by atoms with Crippen LogP contribution in [0.1, 0.15) is 40.7 Å². The van der Waals surface area contributed by atoms with Crippen LogP contribution in [0.3, 0.4) is 0 Å².